The first-order valence-corrected chi connectivity index (χ1v) is 5.84. The molecule has 0 amide bonds. The third-order valence-electron chi connectivity index (χ3n) is 1.85. The van der Waals surface area contributed by atoms with Crippen molar-refractivity contribution in [3.63, 3.8) is 0 Å². The van der Waals surface area contributed by atoms with Gasteiger partial charge in [-0.3, -0.25) is 0 Å². The van der Waals surface area contributed by atoms with Gasteiger partial charge in [0, 0.05) is 12.7 Å². The first kappa shape index (κ1) is 13.3. The lowest BCUT2D eigenvalue weighted by Crippen LogP contribution is -2.23. The molecule has 0 aromatic carbocycles. The molecular formula is C12H19ClN2O. The van der Waals surface area contributed by atoms with Crippen LogP contribution in [0, 0.1) is 0 Å². The van der Waals surface area contributed by atoms with Crippen LogP contribution < -0.4 is 10.1 Å². The molecule has 3 nitrogen and oxygen atoms in total. The van der Waals surface area contributed by atoms with E-state index < -0.39 is 0 Å². The maximum atomic E-state index is 6.10. The van der Waals surface area contributed by atoms with Crippen LogP contribution in [0.2, 0.25) is 5.02 Å². The topological polar surface area (TPSA) is 34.2 Å². The van der Waals surface area contributed by atoms with Crippen LogP contribution in [0.5, 0.6) is 5.88 Å². The predicted molar refractivity (Wildman–Crippen MR) is 67.0 cm³/mol. The summed E-state index contributed by atoms with van der Waals surface area (Å²) in [7, 11) is 0. The van der Waals surface area contributed by atoms with Crippen molar-refractivity contribution in [2.75, 3.05) is 6.54 Å². The molecule has 1 N–H and O–H groups in total. The molecular weight excluding hydrogens is 224 g/mol. The van der Waals surface area contributed by atoms with Crippen LogP contribution >= 0.6 is 11.6 Å². The molecule has 0 aliphatic carbocycles. The molecule has 4 heteroatoms. The van der Waals surface area contributed by atoms with Crippen LogP contribution in [0.1, 0.15) is 33.3 Å². The summed E-state index contributed by atoms with van der Waals surface area (Å²) in [6.07, 6.45) is 1.79. The third kappa shape index (κ3) is 4.37. The molecule has 0 aliphatic heterocycles. The van der Waals surface area contributed by atoms with Gasteiger partial charge in [0.25, 0.3) is 0 Å². The molecule has 0 fully saturated rings. The third-order valence-corrected chi connectivity index (χ3v) is 2.12. The molecule has 1 heterocycles. The summed E-state index contributed by atoms with van der Waals surface area (Å²) in [5, 5.41) is 3.78. The zero-order chi connectivity index (χ0) is 12.2. The van der Waals surface area contributed by atoms with Gasteiger partial charge in [0.2, 0.25) is 5.88 Å². The standard InChI is InChI=1S/C12H19ClN2O/c1-5-14-7-9-6-10(13)11(15-8-9)16-12(2,3)4/h6,8,14H,5,7H2,1-4H3. The van der Waals surface area contributed by atoms with Gasteiger partial charge in [-0.05, 0) is 38.9 Å². The number of hydrogen-bond acceptors (Lipinski definition) is 3. The van der Waals surface area contributed by atoms with E-state index in [2.05, 4.69) is 17.2 Å². The number of ether oxygens (including phenoxy) is 1. The Hall–Kier alpha value is -0.800. The highest BCUT2D eigenvalue weighted by atomic mass is 35.5. The molecule has 1 aromatic heterocycles. The fraction of sp³-hybridized carbons (Fsp3) is 0.583. The van der Waals surface area contributed by atoms with Gasteiger partial charge in [-0.1, -0.05) is 18.5 Å². The van der Waals surface area contributed by atoms with Crippen molar-refractivity contribution in [3.8, 4) is 5.88 Å². The van der Waals surface area contributed by atoms with E-state index in [0.717, 1.165) is 18.7 Å². The van der Waals surface area contributed by atoms with Gasteiger partial charge in [-0.15, -0.1) is 0 Å². The lowest BCUT2D eigenvalue weighted by molar-refractivity contribution is 0.124. The van der Waals surface area contributed by atoms with Gasteiger partial charge in [0.05, 0.1) is 0 Å². The molecule has 0 saturated heterocycles. The largest absolute Gasteiger partial charge is 0.471 e. The molecule has 0 aliphatic rings. The quantitative estimate of drug-likeness (QED) is 0.881. The minimum Gasteiger partial charge on any atom is -0.471 e. The van der Waals surface area contributed by atoms with Gasteiger partial charge in [0.1, 0.15) is 10.6 Å². The van der Waals surface area contributed by atoms with Crippen LogP contribution in [0.4, 0.5) is 0 Å². The lowest BCUT2D eigenvalue weighted by atomic mass is 10.2. The van der Waals surface area contributed by atoms with Crippen molar-refractivity contribution in [3.05, 3.63) is 22.8 Å². The average Bonchev–Trinajstić information content (AvgIpc) is 2.17. The number of halogens is 1. The number of pyridine rings is 1. The zero-order valence-corrected chi connectivity index (χ0v) is 11.1. The molecule has 0 spiro atoms. The summed E-state index contributed by atoms with van der Waals surface area (Å²) in [5.41, 5.74) is 0.785. The Morgan fingerprint density at radius 1 is 1.44 bits per heavy atom. The predicted octanol–water partition coefficient (Wildman–Crippen LogP) is 3.02. The van der Waals surface area contributed by atoms with Gasteiger partial charge in [-0.2, -0.15) is 0 Å². The Morgan fingerprint density at radius 2 is 2.12 bits per heavy atom. The van der Waals surface area contributed by atoms with Crippen LogP contribution in [0.25, 0.3) is 0 Å². The minimum absolute atomic E-state index is 0.278. The van der Waals surface area contributed by atoms with Crippen LogP contribution in [-0.4, -0.2) is 17.1 Å². The summed E-state index contributed by atoms with van der Waals surface area (Å²) >= 11 is 6.10. The maximum Gasteiger partial charge on any atom is 0.233 e. The monoisotopic (exact) mass is 242 g/mol. The van der Waals surface area contributed by atoms with Gasteiger partial charge >= 0.3 is 0 Å². The minimum atomic E-state index is -0.278. The molecule has 0 saturated carbocycles. The Balaban J connectivity index is 2.75. The second-order valence-electron chi connectivity index (χ2n) is 4.63. The fourth-order valence-electron chi connectivity index (χ4n) is 1.20. The molecule has 0 unspecified atom stereocenters. The second-order valence-corrected chi connectivity index (χ2v) is 5.03. The van der Waals surface area contributed by atoms with E-state index >= 15 is 0 Å². The molecule has 16 heavy (non-hydrogen) atoms. The fourth-order valence-corrected chi connectivity index (χ4v) is 1.42. The van der Waals surface area contributed by atoms with Gasteiger partial charge in [0.15, 0.2) is 0 Å². The summed E-state index contributed by atoms with van der Waals surface area (Å²) in [6.45, 7) is 9.68. The Bertz CT molecular complexity index is 347. The molecule has 1 rings (SSSR count). The smallest absolute Gasteiger partial charge is 0.233 e. The van der Waals surface area contributed by atoms with Crippen molar-refractivity contribution in [1.82, 2.24) is 10.3 Å². The second kappa shape index (κ2) is 5.51. The number of rotatable bonds is 4. The first-order valence-electron chi connectivity index (χ1n) is 5.46. The van der Waals surface area contributed by atoms with Crippen molar-refractivity contribution in [2.24, 2.45) is 0 Å². The van der Waals surface area contributed by atoms with E-state index in [1.54, 1.807) is 6.20 Å². The molecule has 0 bridgehead atoms. The number of nitrogens with zero attached hydrogens (tertiary/aromatic N) is 1. The summed E-state index contributed by atoms with van der Waals surface area (Å²) in [6, 6.07) is 1.89. The van der Waals surface area contributed by atoms with Crippen LogP contribution in [0.15, 0.2) is 12.3 Å². The van der Waals surface area contributed by atoms with Crippen molar-refractivity contribution < 1.29 is 4.74 Å². The van der Waals surface area contributed by atoms with Crippen LogP contribution in [-0.2, 0) is 6.54 Å². The summed E-state index contributed by atoms with van der Waals surface area (Å²) in [4.78, 5) is 4.22. The van der Waals surface area contributed by atoms with E-state index in [1.165, 1.54) is 0 Å². The highest BCUT2D eigenvalue weighted by Crippen LogP contribution is 2.25. The van der Waals surface area contributed by atoms with Crippen LogP contribution in [0.3, 0.4) is 0 Å². The van der Waals surface area contributed by atoms with Gasteiger partial charge < -0.3 is 10.1 Å². The van der Waals surface area contributed by atoms with Crippen molar-refractivity contribution in [1.29, 1.82) is 0 Å². The Labute approximate surface area is 102 Å². The normalized spacial score (nSPS) is 11.6. The van der Waals surface area contributed by atoms with E-state index in [1.807, 2.05) is 26.8 Å². The van der Waals surface area contributed by atoms with E-state index in [0.29, 0.717) is 10.9 Å². The van der Waals surface area contributed by atoms with Gasteiger partial charge in [-0.25, -0.2) is 4.98 Å². The zero-order valence-electron chi connectivity index (χ0n) is 10.3. The maximum absolute atomic E-state index is 6.10. The number of aromatic nitrogens is 1. The van der Waals surface area contributed by atoms with Crippen molar-refractivity contribution in [2.45, 2.75) is 39.8 Å². The van der Waals surface area contributed by atoms with Crippen molar-refractivity contribution >= 4 is 11.6 Å². The van der Waals surface area contributed by atoms with E-state index in [-0.39, 0.29) is 5.60 Å². The van der Waals surface area contributed by atoms with E-state index in [4.69, 9.17) is 16.3 Å². The molecule has 0 atom stereocenters. The SMILES string of the molecule is CCNCc1cnc(OC(C)(C)C)c(Cl)c1. The highest BCUT2D eigenvalue weighted by molar-refractivity contribution is 6.31. The Kier molecular flexibility index (Phi) is 4.56. The number of nitrogens with one attached hydrogen (secondary N) is 1. The first-order chi connectivity index (χ1) is 7.42. The molecule has 0 radical (unpaired) electrons. The lowest BCUT2D eigenvalue weighted by Gasteiger charge is -2.21. The Morgan fingerprint density at radius 3 is 2.62 bits per heavy atom. The molecule has 1 aromatic rings. The summed E-state index contributed by atoms with van der Waals surface area (Å²) < 4.78 is 5.63. The molecule has 90 valence electrons. The summed E-state index contributed by atoms with van der Waals surface area (Å²) in [5.74, 6) is 0.495. The number of hydrogen-bond donors (Lipinski definition) is 1. The average molecular weight is 243 g/mol. The van der Waals surface area contributed by atoms with E-state index in [9.17, 15) is 0 Å². The highest BCUT2D eigenvalue weighted by Gasteiger charge is 2.15.